The molecule has 224 valence electrons. The molecule has 0 radical (unpaired) electrons. The molecule has 0 N–H and O–H groups in total. The Labute approximate surface area is 228 Å². The van der Waals surface area contributed by atoms with Gasteiger partial charge in [-0.3, -0.25) is 9.80 Å². The van der Waals surface area contributed by atoms with Crippen molar-refractivity contribution in [2.24, 2.45) is 5.92 Å². The summed E-state index contributed by atoms with van der Waals surface area (Å²) in [7, 11) is 13.3. The van der Waals surface area contributed by atoms with E-state index in [2.05, 4.69) is 40.7 Å². The van der Waals surface area contributed by atoms with Crippen LogP contribution in [-0.2, 0) is 28.4 Å². The average Bonchev–Trinajstić information content (AvgIpc) is 2.90. The minimum atomic E-state index is 0.739. The minimum absolute atomic E-state index is 0.739. The maximum absolute atomic E-state index is 5.20. The predicted octanol–water partition coefficient (Wildman–Crippen LogP) is 1.45. The average molecular weight is 537 g/mol. The molecule has 3 fully saturated rings. The number of nitrogens with zero attached hydrogens (tertiary/aromatic N) is 4. The van der Waals surface area contributed by atoms with Crippen LogP contribution in [0.2, 0.25) is 0 Å². The predicted molar refractivity (Wildman–Crippen MR) is 151 cm³/mol. The monoisotopic (exact) mass is 536 g/mol. The topological polar surface area (TPSA) is 68.3 Å². The quantitative estimate of drug-likeness (QED) is 0.363. The van der Waals surface area contributed by atoms with Crippen LogP contribution >= 0.6 is 0 Å². The molecule has 37 heavy (non-hydrogen) atoms. The summed E-state index contributed by atoms with van der Waals surface area (Å²) in [4.78, 5) is 9.11. The largest absolute Gasteiger partial charge is 0.385 e. The van der Waals surface area contributed by atoms with Crippen LogP contribution in [0.4, 0.5) is 0 Å². The molecule has 0 aromatic carbocycles. The van der Waals surface area contributed by atoms with Crippen LogP contribution < -0.4 is 0 Å². The molecule has 0 aromatic heterocycles. The molecule has 1 atom stereocenters. The van der Waals surface area contributed by atoms with Gasteiger partial charge in [-0.25, -0.2) is 0 Å². The van der Waals surface area contributed by atoms with Crippen LogP contribution in [0.5, 0.6) is 0 Å². The first-order chi connectivity index (χ1) is 18.0. The summed E-state index contributed by atoms with van der Waals surface area (Å²) >= 11 is 0. The fourth-order valence-corrected chi connectivity index (χ4v) is 4.13. The first-order valence-electron chi connectivity index (χ1n) is 13.9. The lowest BCUT2D eigenvalue weighted by molar-refractivity contribution is -0.0178. The van der Waals surface area contributed by atoms with Gasteiger partial charge in [0.1, 0.15) is 0 Å². The SMILES string of the molecule is COCC1CCCN(C)C1.COCCCN(C)C.COCCN1CCOCC1.COCN1CCOCC1. The highest BCUT2D eigenvalue weighted by molar-refractivity contribution is 4.69. The molecule has 3 rings (SSSR count). The van der Waals surface area contributed by atoms with Crippen molar-refractivity contribution in [2.75, 3.05) is 155 Å². The highest BCUT2D eigenvalue weighted by Crippen LogP contribution is 2.14. The third-order valence-corrected chi connectivity index (χ3v) is 6.21. The molecule has 3 heterocycles. The lowest BCUT2D eigenvalue weighted by atomic mass is 10.00. The van der Waals surface area contributed by atoms with E-state index in [0.29, 0.717) is 0 Å². The normalized spacial score (nSPS) is 21.2. The third kappa shape index (κ3) is 24.4. The van der Waals surface area contributed by atoms with E-state index >= 15 is 0 Å². The van der Waals surface area contributed by atoms with E-state index in [0.717, 1.165) is 105 Å². The van der Waals surface area contributed by atoms with E-state index in [1.54, 1.807) is 28.4 Å². The molecule has 0 saturated carbocycles. The zero-order valence-corrected chi connectivity index (χ0v) is 25.3. The van der Waals surface area contributed by atoms with Crippen LogP contribution in [0.25, 0.3) is 0 Å². The zero-order chi connectivity index (χ0) is 27.6. The lowest BCUT2D eigenvalue weighted by Gasteiger charge is -2.28. The first-order valence-corrected chi connectivity index (χ1v) is 13.9. The molecule has 3 aliphatic rings. The van der Waals surface area contributed by atoms with Crippen molar-refractivity contribution in [3.63, 3.8) is 0 Å². The number of morpholine rings is 2. The molecular formula is C27H60N4O6. The van der Waals surface area contributed by atoms with Crippen LogP contribution in [0.1, 0.15) is 19.3 Å². The fraction of sp³-hybridized carbons (Fsp3) is 1.00. The van der Waals surface area contributed by atoms with E-state index in [9.17, 15) is 0 Å². The molecule has 3 saturated heterocycles. The van der Waals surface area contributed by atoms with Gasteiger partial charge < -0.3 is 38.2 Å². The number of hydrogen-bond acceptors (Lipinski definition) is 10. The van der Waals surface area contributed by atoms with Gasteiger partial charge >= 0.3 is 0 Å². The Bertz CT molecular complexity index is 448. The highest BCUT2D eigenvalue weighted by atomic mass is 16.5. The number of methoxy groups -OCH3 is 4. The second-order valence-corrected chi connectivity index (χ2v) is 9.97. The van der Waals surface area contributed by atoms with Crippen molar-refractivity contribution < 1.29 is 28.4 Å². The molecule has 0 bridgehead atoms. The molecular weight excluding hydrogens is 476 g/mol. The van der Waals surface area contributed by atoms with Crippen LogP contribution in [0, 0.1) is 5.92 Å². The smallest absolute Gasteiger partial charge is 0.0987 e. The van der Waals surface area contributed by atoms with Gasteiger partial charge in [0.25, 0.3) is 0 Å². The van der Waals surface area contributed by atoms with Crippen LogP contribution in [-0.4, -0.2) is 175 Å². The highest BCUT2D eigenvalue weighted by Gasteiger charge is 2.16. The van der Waals surface area contributed by atoms with Crippen molar-refractivity contribution in [1.29, 1.82) is 0 Å². The van der Waals surface area contributed by atoms with Crippen molar-refractivity contribution in [3.05, 3.63) is 0 Å². The molecule has 10 nitrogen and oxygen atoms in total. The molecule has 0 spiro atoms. The van der Waals surface area contributed by atoms with Crippen molar-refractivity contribution in [1.82, 2.24) is 19.6 Å². The Hall–Kier alpha value is -0.400. The van der Waals surface area contributed by atoms with Gasteiger partial charge in [0.05, 0.1) is 46.4 Å². The molecule has 3 aliphatic heterocycles. The Balaban J connectivity index is 0.000000469. The maximum atomic E-state index is 5.20. The van der Waals surface area contributed by atoms with Crippen molar-refractivity contribution in [2.45, 2.75) is 19.3 Å². The molecule has 0 aromatic rings. The van der Waals surface area contributed by atoms with E-state index in [4.69, 9.17) is 28.4 Å². The van der Waals surface area contributed by atoms with Gasteiger partial charge in [0.2, 0.25) is 0 Å². The van der Waals surface area contributed by atoms with E-state index < -0.39 is 0 Å². The second-order valence-electron chi connectivity index (χ2n) is 9.97. The summed E-state index contributed by atoms with van der Waals surface area (Å²) in [5.41, 5.74) is 0. The number of ether oxygens (including phenoxy) is 6. The minimum Gasteiger partial charge on any atom is -0.385 e. The summed E-state index contributed by atoms with van der Waals surface area (Å²) < 4.78 is 30.2. The molecule has 1 unspecified atom stereocenters. The number of hydrogen-bond donors (Lipinski definition) is 0. The Kier molecular flexibility index (Phi) is 26.9. The van der Waals surface area contributed by atoms with Crippen molar-refractivity contribution >= 4 is 0 Å². The standard InChI is InChI=1S/C8H17NO.C7H15NO2.C6H13NO2.C6H15NO/c1-9-5-3-4-8(6-9)7-10-2;1-9-5-2-8-3-6-10-7-4-8;1-8-6-7-2-4-9-5-3-7;1-7(2)5-4-6-8-3/h8H,3-7H2,1-2H3;2-7H2,1H3;2-6H2,1H3;4-6H2,1-3H3. The summed E-state index contributed by atoms with van der Waals surface area (Å²) in [5, 5.41) is 0. The molecule has 10 heteroatoms. The Morgan fingerprint density at radius 3 is 1.84 bits per heavy atom. The van der Waals surface area contributed by atoms with Crippen LogP contribution in [0.3, 0.4) is 0 Å². The Morgan fingerprint density at radius 2 is 1.35 bits per heavy atom. The van der Waals surface area contributed by atoms with E-state index in [1.807, 2.05) is 0 Å². The van der Waals surface area contributed by atoms with E-state index in [-0.39, 0.29) is 0 Å². The Morgan fingerprint density at radius 1 is 0.757 bits per heavy atom. The number of piperidine rings is 1. The number of likely N-dealkylation sites (tertiary alicyclic amines) is 1. The second kappa shape index (κ2) is 27.2. The molecule has 0 aliphatic carbocycles. The van der Waals surface area contributed by atoms with Gasteiger partial charge in [-0.15, -0.1) is 0 Å². The molecule has 0 amide bonds. The lowest BCUT2D eigenvalue weighted by Crippen LogP contribution is -2.38. The van der Waals surface area contributed by atoms with Crippen LogP contribution in [0.15, 0.2) is 0 Å². The van der Waals surface area contributed by atoms with Gasteiger partial charge in [0.15, 0.2) is 0 Å². The summed E-state index contributed by atoms with van der Waals surface area (Å²) in [6.07, 6.45) is 3.81. The van der Waals surface area contributed by atoms with Gasteiger partial charge in [-0.2, -0.15) is 0 Å². The number of rotatable bonds is 11. The summed E-state index contributed by atoms with van der Waals surface area (Å²) in [5.74, 6) is 0.781. The summed E-state index contributed by atoms with van der Waals surface area (Å²) in [6, 6.07) is 0. The fourth-order valence-electron chi connectivity index (χ4n) is 4.13. The van der Waals surface area contributed by atoms with Crippen molar-refractivity contribution in [3.8, 4) is 0 Å². The van der Waals surface area contributed by atoms with Gasteiger partial charge in [-0.1, -0.05) is 0 Å². The van der Waals surface area contributed by atoms with Gasteiger partial charge in [0, 0.05) is 74.3 Å². The zero-order valence-electron chi connectivity index (χ0n) is 25.3. The maximum Gasteiger partial charge on any atom is 0.0987 e. The van der Waals surface area contributed by atoms with E-state index in [1.165, 1.54) is 25.9 Å². The summed E-state index contributed by atoms with van der Waals surface area (Å²) in [6.45, 7) is 15.6. The first kappa shape index (κ1) is 36.6. The third-order valence-electron chi connectivity index (χ3n) is 6.21. The van der Waals surface area contributed by atoms with Gasteiger partial charge in [-0.05, 0) is 59.4 Å².